The normalized spacial score (nSPS) is 10.6. The number of rotatable bonds is 16. The number of aromatic amines is 2. The van der Waals surface area contributed by atoms with Gasteiger partial charge in [0.15, 0.2) is 6.29 Å². The second kappa shape index (κ2) is 16.9. The fraction of sp³-hybridized carbons (Fsp3) is 0.355. The molecule has 1 aromatic carbocycles. The molecule has 0 saturated heterocycles. The first kappa shape index (κ1) is 34.6. The zero-order chi connectivity index (χ0) is 32.9. The Labute approximate surface area is 263 Å². The fourth-order valence-electron chi connectivity index (χ4n) is 4.49. The average molecular weight is 643 g/mol. The van der Waals surface area contributed by atoms with E-state index in [1.165, 1.54) is 28.4 Å². The predicted octanol–water partition coefficient (Wildman–Crippen LogP) is 3.31. The predicted molar refractivity (Wildman–Crippen MR) is 159 cm³/mol. The number of methoxy groups -OCH3 is 4. The van der Waals surface area contributed by atoms with Crippen LogP contribution in [-0.4, -0.2) is 74.5 Å². The molecule has 0 radical (unpaired) electrons. The number of benzene rings is 1. The maximum Gasteiger partial charge on any atom is 0.355 e. The maximum atomic E-state index is 13.4. The molecule has 0 aliphatic carbocycles. The van der Waals surface area contributed by atoms with Crippen molar-refractivity contribution in [2.24, 2.45) is 0 Å². The third-order valence-electron chi connectivity index (χ3n) is 6.84. The van der Waals surface area contributed by atoms with E-state index < -0.39 is 29.8 Å². The first-order valence-corrected chi connectivity index (χ1v) is 14.6. The molecule has 0 aliphatic rings. The van der Waals surface area contributed by atoms with Crippen LogP contribution in [-0.2, 0) is 75.2 Å². The summed E-state index contributed by atoms with van der Waals surface area (Å²) >= 11 is 1.04. The van der Waals surface area contributed by atoms with Crippen LogP contribution in [0.3, 0.4) is 0 Å². The molecule has 0 unspecified atom stereocenters. The van der Waals surface area contributed by atoms with E-state index in [1.54, 1.807) is 24.3 Å². The van der Waals surface area contributed by atoms with Crippen LogP contribution in [0.4, 0.5) is 0 Å². The second-order valence-corrected chi connectivity index (χ2v) is 10.6. The van der Waals surface area contributed by atoms with E-state index in [0.29, 0.717) is 38.6 Å². The second-order valence-electron chi connectivity index (χ2n) is 9.55. The number of hydrogen-bond acceptors (Lipinski definition) is 12. The van der Waals surface area contributed by atoms with E-state index in [4.69, 9.17) is 23.7 Å². The lowest BCUT2D eigenvalue weighted by Crippen LogP contribution is -2.12. The zero-order valence-electron chi connectivity index (χ0n) is 25.3. The Bertz CT molecular complexity index is 1540. The van der Waals surface area contributed by atoms with Crippen LogP contribution in [0.15, 0.2) is 40.4 Å². The van der Waals surface area contributed by atoms with Crippen molar-refractivity contribution in [1.82, 2.24) is 9.97 Å². The molecular formula is C31H34N2O11S. The van der Waals surface area contributed by atoms with E-state index in [0.717, 1.165) is 17.3 Å². The number of esters is 5. The third-order valence-corrected chi connectivity index (χ3v) is 7.95. The van der Waals surface area contributed by atoms with Gasteiger partial charge in [-0.3, -0.25) is 24.0 Å². The quantitative estimate of drug-likeness (QED) is 0.132. The molecule has 0 aliphatic heterocycles. The van der Waals surface area contributed by atoms with Gasteiger partial charge in [0.25, 0.3) is 0 Å². The molecule has 14 heteroatoms. The first-order chi connectivity index (χ1) is 21.6. The highest BCUT2D eigenvalue weighted by Crippen LogP contribution is 2.38. The highest BCUT2D eigenvalue weighted by molar-refractivity contribution is 7.99. The van der Waals surface area contributed by atoms with Crippen LogP contribution in [0, 0.1) is 0 Å². The molecule has 2 aromatic heterocycles. The van der Waals surface area contributed by atoms with Gasteiger partial charge in [-0.15, -0.1) is 0 Å². The van der Waals surface area contributed by atoms with Gasteiger partial charge in [-0.25, -0.2) is 4.79 Å². The summed E-state index contributed by atoms with van der Waals surface area (Å²) in [5.41, 5.74) is 2.37. The highest BCUT2D eigenvalue weighted by atomic mass is 32.2. The van der Waals surface area contributed by atoms with Gasteiger partial charge in [0.2, 0.25) is 0 Å². The Balaban J connectivity index is 2.14. The molecule has 0 spiro atoms. The number of H-pyrrole nitrogens is 2. The fourth-order valence-corrected chi connectivity index (χ4v) is 5.68. The number of aldehydes is 1. The van der Waals surface area contributed by atoms with Gasteiger partial charge in [-0.05, 0) is 40.7 Å². The monoisotopic (exact) mass is 642 g/mol. The van der Waals surface area contributed by atoms with E-state index >= 15 is 0 Å². The summed E-state index contributed by atoms with van der Waals surface area (Å²) in [6.45, 7) is -0.0299. The van der Waals surface area contributed by atoms with Crippen LogP contribution in [0.25, 0.3) is 0 Å². The van der Waals surface area contributed by atoms with Crippen LogP contribution in [0.1, 0.15) is 61.6 Å². The van der Waals surface area contributed by atoms with E-state index in [1.807, 2.05) is 6.07 Å². The van der Waals surface area contributed by atoms with Crippen LogP contribution >= 0.6 is 11.8 Å². The van der Waals surface area contributed by atoms with Crippen molar-refractivity contribution in [1.29, 1.82) is 0 Å². The number of nitrogens with one attached hydrogen (secondary N) is 2. The van der Waals surface area contributed by atoms with Crippen LogP contribution in [0.2, 0.25) is 0 Å². The van der Waals surface area contributed by atoms with Gasteiger partial charge in [0.1, 0.15) is 12.3 Å². The lowest BCUT2D eigenvalue weighted by atomic mass is 10.0. The smallest absolute Gasteiger partial charge is 0.355 e. The molecule has 2 N–H and O–H groups in total. The standard InChI is InChI=1S/C31H34N2O11S/c1-40-24(35)12-10-19-22(15-27(38)43-4)30(33-28(19)31(39)44-17-18-8-6-5-7-9-18)45-29-20(11-13-25(36)41-2)21(14-26(37)42-3)23(16-34)32-29/h5-9,16,32-33H,10-15,17H2,1-4H3. The summed E-state index contributed by atoms with van der Waals surface area (Å²) in [7, 11) is 4.91. The van der Waals surface area contributed by atoms with Gasteiger partial charge < -0.3 is 33.7 Å². The molecule has 45 heavy (non-hydrogen) atoms. The topological polar surface area (TPSA) is 180 Å². The number of carbonyl (C=O) groups excluding carboxylic acids is 6. The summed E-state index contributed by atoms with van der Waals surface area (Å²) in [6.07, 6.45) is -0.0153. The molecule has 0 atom stereocenters. The molecule has 0 bridgehead atoms. The Morgan fingerprint density at radius 1 is 0.689 bits per heavy atom. The lowest BCUT2D eigenvalue weighted by Gasteiger charge is -2.09. The minimum Gasteiger partial charge on any atom is -0.469 e. The van der Waals surface area contributed by atoms with Crippen LogP contribution in [0.5, 0.6) is 0 Å². The van der Waals surface area contributed by atoms with Crippen molar-refractivity contribution in [3.05, 3.63) is 69.5 Å². The Kier molecular flexibility index (Phi) is 13.0. The average Bonchev–Trinajstić information content (AvgIpc) is 3.57. The van der Waals surface area contributed by atoms with Gasteiger partial charge in [0, 0.05) is 12.8 Å². The Morgan fingerprint density at radius 2 is 1.22 bits per heavy atom. The summed E-state index contributed by atoms with van der Waals surface area (Å²) in [5.74, 6) is -2.99. The maximum absolute atomic E-state index is 13.4. The molecule has 3 aromatic rings. The van der Waals surface area contributed by atoms with Crippen molar-refractivity contribution in [3.8, 4) is 0 Å². The number of ether oxygens (including phenoxy) is 5. The zero-order valence-corrected chi connectivity index (χ0v) is 26.1. The first-order valence-electron chi connectivity index (χ1n) is 13.7. The summed E-state index contributed by atoms with van der Waals surface area (Å²) < 4.78 is 24.8. The number of carbonyl (C=O) groups is 6. The van der Waals surface area contributed by atoms with Gasteiger partial charge in [-0.2, -0.15) is 0 Å². The van der Waals surface area contributed by atoms with Crippen LogP contribution < -0.4 is 0 Å². The minimum atomic E-state index is -0.728. The van der Waals surface area contributed by atoms with Gasteiger partial charge in [-0.1, -0.05) is 42.1 Å². The summed E-state index contributed by atoms with van der Waals surface area (Å²) in [6, 6.07) is 9.03. The van der Waals surface area contributed by atoms with Crippen molar-refractivity contribution < 1.29 is 52.5 Å². The molecule has 3 rings (SSSR count). The number of aromatic nitrogens is 2. The van der Waals surface area contributed by atoms with E-state index in [-0.39, 0.29) is 56.5 Å². The van der Waals surface area contributed by atoms with E-state index in [9.17, 15) is 28.8 Å². The highest BCUT2D eigenvalue weighted by Gasteiger charge is 2.28. The largest absolute Gasteiger partial charge is 0.469 e. The van der Waals surface area contributed by atoms with Crippen molar-refractivity contribution in [3.63, 3.8) is 0 Å². The van der Waals surface area contributed by atoms with E-state index in [2.05, 4.69) is 9.97 Å². The van der Waals surface area contributed by atoms with Crippen molar-refractivity contribution >= 4 is 47.9 Å². The Morgan fingerprint density at radius 3 is 1.78 bits per heavy atom. The Hall–Kier alpha value is -4.85. The lowest BCUT2D eigenvalue weighted by molar-refractivity contribution is -0.141. The van der Waals surface area contributed by atoms with Gasteiger partial charge in [0.05, 0.1) is 57.0 Å². The van der Waals surface area contributed by atoms with Crippen molar-refractivity contribution in [2.75, 3.05) is 28.4 Å². The molecule has 240 valence electrons. The summed E-state index contributed by atoms with van der Waals surface area (Å²) in [5, 5.41) is 0.686. The molecular weight excluding hydrogens is 608 g/mol. The molecule has 13 nitrogen and oxygen atoms in total. The molecule has 2 heterocycles. The van der Waals surface area contributed by atoms with Gasteiger partial charge >= 0.3 is 29.8 Å². The molecule has 0 fully saturated rings. The summed E-state index contributed by atoms with van der Waals surface area (Å²) in [4.78, 5) is 80.3. The number of hydrogen-bond donors (Lipinski definition) is 2. The minimum absolute atomic E-state index is 0.0179. The van der Waals surface area contributed by atoms with Crippen molar-refractivity contribution in [2.45, 2.75) is 55.2 Å². The SMILES string of the molecule is COC(=O)CCc1c(Sc2[nH]c(C(=O)OCc3ccccc3)c(CCC(=O)OC)c2CC(=O)OC)[nH]c(C=O)c1CC(=O)OC. The molecule has 0 amide bonds. The molecule has 0 saturated carbocycles. The third kappa shape index (κ3) is 9.32.